The highest BCUT2D eigenvalue weighted by Crippen LogP contribution is 2.27. The maximum Gasteiger partial charge on any atom is 0.0604 e. The highest BCUT2D eigenvalue weighted by atomic mass is 32.1. The lowest BCUT2D eigenvalue weighted by Crippen LogP contribution is -2.09. The summed E-state index contributed by atoms with van der Waals surface area (Å²) in [5.41, 5.74) is 2.66. The quantitative estimate of drug-likeness (QED) is 0.792. The summed E-state index contributed by atoms with van der Waals surface area (Å²) in [6, 6.07) is 13.3. The van der Waals surface area contributed by atoms with Crippen molar-refractivity contribution < 1.29 is 0 Å². The number of hydrogen-bond acceptors (Lipinski definition) is 2. The Morgan fingerprint density at radius 2 is 1.94 bits per heavy atom. The predicted octanol–water partition coefficient (Wildman–Crippen LogP) is 4.87. The van der Waals surface area contributed by atoms with Crippen molar-refractivity contribution in [2.45, 2.75) is 32.7 Å². The maximum atomic E-state index is 3.66. The molecule has 1 aromatic heterocycles. The molecule has 0 amide bonds. The molecule has 1 heterocycles. The monoisotopic (exact) mass is 245 g/mol. The van der Waals surface area contributed by atoms with Crippen LogP contribution in [0.2, 0.25) is 0 Å². The smallest absolute Gasteiger partial charge is 0.0604 e. The second-order valence-electron chi connectivity index (χ2n) is 4.13. The van der Waals surface area contributed by atoms with Gasteiger partial charge in [0.2, 0.25) is 0 Å². The van der Waals surface area contributed by atoms with E-state index in [1.165, 1.54) is 16.1 Å². The standard InChI is InChI=1S/C15H19NS/c1-3-12-8-5-6-9-14(12)16-13(4-2)15-10-7-11-17-15/h5-11,13,16H,3-4H2,1-2H3. The molecule has 0 saturated carbocycles. The van der Waals surface area contributed by atoms with Crippen LogP contribution < -0.4 is 5.32 Å². The molecule has 2 rings (SSSR count). The average Bonchev–Trinajstić information content (AvgIpc) is 2.90. The summed E-state index contributed by atoms with van der Waals surface area (Å²) in [5, 5.41) is 5.81. The van der Waals surface area contributed by atoms with Gasteiger partial charge in [-0.15, -0.1) is 11.3 Å². The minimum absolute atomic E-state index is 0.433. The van der Waals surface area contributed by atoms with Gasteiger partial charge in [0.15, 0.2) is 0 Å². The Hall–Kier alpha value is -1.28. The first-order valence-corrected chi connectivity index (χ1v) is 7.11. The van der Waals surface area contributed by atoms with Crippen LogP contribution in [0.4, 0.5) is 5.69 Å². The molecule has 1 unspecified atom stereocenters. The van der Waals surface area contributed by atoms with Crippen molar-refractivity contribution in [1.29, 1.82) is 0 Å². The predicted molar refractivity (Wildman–Crippen MR) is 76.8 cm³/mol. The van der Waals surface area contributed by atoms with E-state index in [1.54, 1.807) is 0 Å². The Bertz CT molecular complexity index is 448. The summed E-state index contributed by atoms with van der Waals surface area (Å²) in [5.74, 6) is 0. The molecular weight excluding hydrogens is 226 g/mol. The fourth-order valence-electron chi connectivity index (χ4n) is 2.02. The molecule has 17 heavy (non-hydrogen) atoms. The van der Waals surface area contributed by atoms with E-state index in [1.807, 2.05) is 11.3 Å². The Morgan fingerprint density at radius 3 is 2.59 bits per heavy atom. The van der Waals surface area contributed by atoms with E-state index >= 15 is 0 Å². The zero-order valence-corrected chi connectivity index (χ0v) is 11.3. The molecule has 1 atom stereocenters. The molecule has 0 aliphatic rings. The number of aryl methyl sites for hydroxylation is 1. The van der Waals surface area contributed by atoms with Gasteiger partial charge in [-0.2, -0.15) is 0 Å². The normalized spacial score (nSPS) is 12.4. The largest absolute Gasteiger partial charge is 0.377 e. The molecule has 1 N–H and O–H groups in total. The molecule has 2 heteroatoms. The van der Waals surface area contributed by atoms with Gasteiger partial charge in [0.25, 0.3) is 0 Å². The van der Waals surface area contributed by atoms with E-state index in [0.717, 1.165) is 12.8 Å². The molecule has 1 aromatic carbocycles. The molecule has 2 aromatic rings. The SMILES string of the molecule is CCc1ccccc1NC(CC)c1cccs1. The second kappa shape index (κ2) is 5.87. The zero-order valence-electron chi connectivity index (χ0n) is 10.4. The van der Waals surface area contributed by atoms with Gasteiger partial charge >= 0.3 is 0 Å². The number of hydrogen-bond donors (Lipinski definition) is 1. The lowest BCUT2D eigenvalue weighted by Gasteiger charge is -2.19. The molecule has 0 radical (unpaired) electrons. The van der Waals surface area contributed by atoms with Crippen molar-refractivity contribution in [3.05, 3.63) is 52.2 Å². The van der Waals surface area contributed by atoms with Crippen LogP contribution in [0.3, 0.4) is 0 Å². The molecule has 0 spiro atoms. The van der Waals surface area contributed by atoms with Crippen LogP contribution in [-0.4, -0.2) is 0 Å². The molecule has 90 valence electrons. The minimum atomic E-state index is 0.433. The molecule has 0 fully saturated rings. The fourth-order valence-corrected chi connectivity index (χ4v) is 2.88. The second-order valence-corrected chi connectivity index (χ2v) is 5.11. The number of thiophene rings is 1. The van der Waals surface area contributed by atoms with E-state index in [0.29, 0.717) is 6.04 Å². The van der Waals surface area contributed by atoms with Gasteiger partial charge in [-0.25, -0.2) is 0 Å². The van der Waals surface area contributed by atoms with Crippen molar-refractivity contribution in [3.8, 4) is 0 Å². The van der Waals surface area contributed by atoms with Gasteiger partial charge in [0.1, 0.15) is 0 Å². The van der Waals surface area contributed by atoms with E-state index in [2.05, 4.69) is 60.9 Å². The third-order valence-corrected chi connectivity index (χ3v) is 4.01. The summed E-state index contributed by atoms with van der Waals surface area (Å²) in [4.78, 5) is 1.42. The third kappa shape index (κ3) is 2.89. The number of benzene rings is 1. The molecule has 0 aliphatic heterocycles. The molecule has 1 nitrogen and oxygen atoms in total. The van der Waals surface area contributed by atoms with Gasteiger partial charge in [0.05, 0.1) is 6.04 Å². The van der Waals surface area contributed by atoms with E-state index < -0.39 is 0 Å². The van der Waals surface area contributed by atoms with Crippen molar-refractivity contribution in [2.75, 3.05) is 5.32 Å². The van der Waals surface area contributed by atoms with Crippen LogP contribution in [0.1, 0.15) is 36.8 Å². The average molecular weight is 245 g/mol. The summed E-state index contributed by atoms with van der Waals surface area (Å²) in [6.45, 7) is 4.43. The van der Waals surface area contributed by atoms with Gasteiger partial charge in [0, 0.05) is 10.6 Å². The van der Waals surface area contributed by atoms with E-state index in [4.69, 9.17) is 0 Å². The first-order chi connectivity index (χ1) is 8.35. The zero-order chi connectivity index (χ0) is 12.1. The van der Waals surface area contributed by atoms with Crippen LogP contribution >= 0.6 is 11.3 Å². The molecule has 0 saturated heterocycles. The number of nitrogens with one attached hydrogen (secondary N) is 1. The molecule has 0 bridgehead atoms. The first-order valence-electron chi connectivity index (χ1n) is 6.23. The first kappa shape index (κ1) is 12.2. The Labute approximate surface area is 108 Å². The Balaban J connectivity index is 2.18. The summed E-state index contributed by atoms with van der Waals surface area (Å²) in [6.07, 6.45) is 2.18. The number of rotatable bonds is 5. The molecular formula is C15H19NS. The van der Waals surface area contributed by atoms with Crippen LogP contribution in [0.25, 0.3) is 0 Å². The Kier molecular flexibility index (Phi) is 4.21. The summed E-state index contributed by atoms with van der Waals surface area (Å²) < 4.78 is 0. The highest BCUT2D eigenvalue weighted by Gasteiger charge is 2.11. The van der Waals surface area contributed by atoms with Gasteiger partial charge in [-0.1, -0.05) is 38.1 Å². The minimum Gasteiger partial charge on any atom is -0.377 e. The van der Waals surface area contributed by atoms with Crippen LogP contribution in [0, 0.1) is 0 Å². The van der Waals surface area contributed by atoms with Crippen LogP contribution in [0.5, 0.6) is 0 Å². The topological polar surface area (TPSA) is 12.0 Å². The Morgan fingerprint density at radius 1 is 1.12 bits per heavy atom. The molecule has 0 aliphatic carbocycles. The van der Waals surface area contributed by atoms with E-state index in [-0.39, 0.29) is 0 Å². The van der Waals surface area contributed by atoms with Gasteiger partial charge < -0.3 is 5.32 Å². The number of anilines is 1. The van der Waals surface area contributed by atoms with Gasteiger partial charge in [-0.05, 0) is 35.9 Å². The maximum absolute atomic E-state index is 3.66. The van der Waals surface area contributed by atoms with Crippen molar-refractivity contribution in [1.82, 2.24) is 0 Å². The van der Waals surface area contributed by atoms with Crippen LogP contribution in [-0.2, 0) is 6.42 Å². The lowest BCUT2D eigenvalue weighted by atomic mass is 10.1. The van der Waals surface area contributed by atoms with Crippen molar-refractivity contribution in [2.24, 2.45) is 0 Å². The van der Waals surface area contributed by atoms with E-state index in [9.17, 15) is 0 Å². The van der Waals surface area contributed by atoms with Crippen LogP contribution in [0.15, 0.2) is 41.8 Å². The third-order valence-electron chi connectivity index (χ3n) is 3.02. The fraction of sp³-hybridized carbons (Fsp3) is 0.333. The highest BCUT2D eigenvalue weighted by molar-refractivity contribution is 7.10. The summed E-state index contributed by atoms with van der Waals surface area (Å²) >= 11 is 1.83. The van der Waals surface area contributed by atoms with Gasteiger partial charge in [-0.3, -0.25) is 0 Å². The lowest BCUT2D eigenvalue weighted by molar-refractivity contribution is 0.762. The van der Waals surface area contributed by atoms with Crippen molar-refractivity contribution >= 4 is 17.0 Å². The summed E-state index contributed by atoms with van der Waals surface area (Å²) in [7, 11) is 0. The van der Waals surface area contributed by atoms with Crippen molar-refractivity contribution in [3.63, 3.8) is 0 Å². The number of para-hydroxylation sites is 1.